The molecule has 2 fully saturated rings. The zero-order valence-corrected chi connectivity index (χ0v) is 21.9. The number of rotatable bonds is 8. The molecule has 4 rings (SSSR count). The summed E-state index contributed by atoms with van der Waals surface area (Å²) in [6.07, 6.45) is 13.9. The molecule has 0 bridgehead atoms. The van der Waals surface area contributed by atoms with E-state index in [4.69, 9.17) is 21.4 Å². The van der Waals surface area contributed by atoms with Crippen molar-refractivity contribution in [3.63, 3.8) is 0 Å². The molecule has 0 aliphatic carbocycles. The highest BCUT2D eigenvalue weighted by Gasteiger charge is 2.29. The summed E-state index contributed by atoms with van der Waals surface area (Å²) in [6, 6.07) is 2.57. The van der Waals surface area contributed by atoms with Gasteiger partial charge in [0.2, 0.25) is 0 Å². The monoisotopic (exact) mass is 493 g/mol. The summed E-state index contributed by atoms with van der Waals surface area (Å²) >= 11 is 1.71. The lowest BCUT2D eigenvalue weighted by molar-refractivity contribution is 0.164. The fraction of sp³-hybridized carbons (Fsp3) is 0.481. The Kier molecular flexibility index (Phi) is 8.23. The minimum atomic E-state index is 0.432. The molecule has 4 heterocycles. The number of aryl methyl sites for hydroxylation is 1. The lowest BCUT2D eigenvalue weighted by Crippen LogP contribution is -2.40. The summed E-state index contributed by atoms with van der Waals surface area (Å²) < 4.78 is 2.37. The number of hydrogen-bond acceptors (Lipinski definition) is 7. The second-order valence-electron chi connectivity index (χ2n) is 9.74. The smallest absolute Gasteiger partial charge is 0.170 e. The van der Waals surface area contributed by atoms with Gasteiger partial charge in [0.05, 0.1) is 0 Å². The number of pyridine rings is 1. The zero-order valence-electron chi connectivity index (χ0n) is 21.1. The number of imidazole rings is 1. The Hall–Kier alpha value is -2.71. The Morgan fingerprint density at radius 1 is 1.17 bits per heavy atom. The van der Waals surface area contributed by atoms with Gasteiger partial charge in [0.25, 0.3) is 0 Å². The highest BCUT2D eigenvalue weighted by atomic mass is 32.2. The molecule has 0 atom stereocenters. The van der Waals surface area contributed by atoms with Crippen LogP contribution in [0, 0.1) is 12.8 Å². The summed E-state index contributed by atoms with van der Waals surface area (Å²) in [5, 5.41) is 1.07. The third kappa shape index (κ3) is 5.93. The first-order chi connectivity index (χ1) is 16.9. The summed E-state index contributed by atoms with van der Waals surface area (Å²) in [5.74, 6) is 0.547. The highest BCUT2D eigenvalue weighted by Crippen LogP contribution is 2.34. The molecule has 7 nitrogen and oxygen atoms in total. The van der Waals surface area contributed by atoms with Gasteiger partial charge < -0.3 is 20.9 Å². The molecule has 0 aromatic carbocycles. The van der Waals surface area contributed by atoms with E-state index in [-0.39, 0.29) is 0 Å². The summed E-state index contributed by atoms with van der Waals surface area (Å²) in [5.41, 5.74) is 17.5. The molecule has 2 aliphatic heterocycles. The van der Waals surface area contributed by atoms with Crippen molar-refractivity contribution in [2.24, 2.45) is 17.4 Å². The Morgan fingerprint density at radius 2 is 1.89 bits per heavy atom. The molecule has 4 N–H and O–H groups in total. The van der Waals surface area contributed by atoms with E-state index in [0.29, 0.717) is 17.7 Å². The first-order valence-electron chi connectivity index (χ1n) is 12.5. The molecule has 2 aliphatic rings. The standard InChI is InChI=1S/C27H39N7S/c1-19-15-25-26(30-17-19)34(27(31-25)35-4)24-8-13-33(14-9-24)21(3)23-6-11-32(12-7-23)18-22(5-10-28)16-20(2)29/h5,10,15-17,23-24H,2-3,6-9,11-14,18,28-29H2,1,4H3/b10-5-,22-16+. The summed E-state index contributed by atoms with van der Waals surface area (Å²) in [6.45, 7) is 15.4. The van der Waals surface area contributed by atoms with Gasteiger partial charge in [0, 0.05) is 49.2 Å². The number of aromatic nitrogens is 3. The van der Waals surface area contributed by atoms with E-state index in [1.165, 1.54) is 5.70 Å². The third-order valence-electron chi connectivity index (χ3n) is 7.20. The van der Waals surface area contributed by atoms with Gasteiger partial charge in [-0.2, -0.15) is 0 Å². The number of likely N-dealkylation sites (tertiary alicyclic amines) is 2. The molecule has 2 saturated heterocycles. The molecule has 0 amide bonds. The van der Waals surface area contributed by atoms with E-state index in [0.717, 1.165) is 85.9 Å². The Labute approximate surface area is 213 Å². The minimum Gasteiger partial charge on any atom is -0.405 e. The van der Waals surface area contributed by atoms with Crippen molar-refractivity contribution < 1.29 is 0 Å². The van der Waals surface area contributed by atoms with E-state index < -0.39 is 0 Å². The molecule has 188 valence electrons. The molecule has 0 saturated carbocycles. The molecule has 0 radical (unpaired) electrons. The van der Waals surface area contributed by atoms with Gasteiger partial charge >= 0.3 is 0 Å². The highest BCUT2D eigenvalue weighted by molar-refractivity contribution is 7.98. The van der Waals surface area contributed by atoms with Crippen LogP contribution in [-0.2, 0) is 0 Å². The van der Waals surface area contributed by atoms with E-state index in [9.17, 15) is 0 Å². The minimum absolute atomic E-state index is 0.432. The molecule has 0 unspecified atom stereocenters. The quantitative estimate of drug-likeness (QED) is 0.421. The van der Waals surface area contributed by atoms with Gasteiger partial charge in [-0.15, -0.1) is 0 Å². The molecule has 35 heavy (non-hydrogen) atoms. The van der Waals surface area contributed by atoms with Crippen LogP contribution in [0.25, 0.3) is 11.2 Å². The summed E-state index contributed by atoms with van der Waals surface area (Å²) in [7, 11) is 0. The van der Waals surface area contributed by atoms with Crippen LogP contribution in [0.1, 0.15) is 37.3 Å². The van der Waals surface area contributed by atoms with E-state index in [1.807, 2.05) is 18.3 Å². The van der Waals surface area contributed by atoms with Crippen molar-refractivity contribution >= 4 is 22.9 Å². The molecule has 8 heteroatoms. The van der Waals surface area contributed by atoms with Crippen molar-refractivity contribution in [3.8, 4) is 0 Å². The molecule has 0 spiro atoms. The second-order valence-corrected chi connectivity index (χ2v) is 10.5. The van der Waals surface area contributed by atoms with Gasteiger partial charge in [-0.05, 0) is 87.5 Å². The first kappa shape index (κ1) is 25.4. The normalized spacial score (nSPS) is 19.1. The maximum Gasteiger partial charge on any atom is 0.170 e. The number of hydrogen-bond donors (Lipinski definition) is 2. The number of thioether (sulfide) groups is 1. The van der Waals surface area contributed by atoms with Crippen LogP contribution in [0.3, 0.4) is 0 Å². The molecule has 2 aromatic rings. The summed E-state index contributed by atoms with van der Waals surface area (Å²) in [4.78, 5) is 14.6. The van der Waals surface area contributed by atoms with E-state index in [2.05, 4.69) is 46.8 Å². The fourth-order valence-electron chi connectivity index (χ4n) is 5.40. The lowest BCUT2D eigenvalue weighted by atomic mass is 9.91. The topological polar surface area (TPSA) is 89.2 Å². The van der Waals surface area contributed by atoms with E-state index in [1.54, 1.807) is 18.0 Å². The van der Waals surface area contributed by atoms with Crippen molar-refractivity contribution in [1.29, 1.82) is 0 Å². The predicted molar refractivity (Wildman–Crippen MR) is 147 cm³/mol. The van der Waals surface area contributed by atoms with Crippen LogP contribution >= 0.6 is 11.8 Å². The van der Waals surface area contributed by atoms with Crippen LogP contribution in [0.4, 0.5) is 0 Å². The number of nitrogens with zero attached hydrogens (tertiary/aromatic N) is 5. The van der Waals surface area contributed by atoms with Crippen molar-refractivity contribution in [1.82, 2.24) is 24.3 Å². The number of allylic oxidation sites excluding steroid dienone is 2. The average Bonchev–Trinajstić information content (AvgIpc) is 3.21. The van der Waals surface area contributed by atoms with Crippen molar-refractivity contribution in [2.75, 3.05) is 39.0 Å². The van der Waals surface area contributed by atoms with Gasteiger partial charge in [-0.1, -0.05) is 24.9 Å². The van der Waals surface area contributed by atoms with Crippen molar-refractivity contribution in [2.45, 2.75) is 43.8 Å². The van der Waals surface area contributed by atoms with Gasteiger partial charge in [0.15, 0.2) is 10.8 Å². The van der Waals surface area contributed by atoms with Crippen LogP contribution in [-0.4, -0.2) is 63.3 Å². The SMILES string of the molecule is C=C(N)/C=C(\C=C/N)CN1CCC(C(=C)N2CCC(n3c(SC)nc4cc(C)cnc43)CC2)CC1. The zero-order chi connectivity index (χ0) is 24.9. The number of nitrogens with two attached hydrogens (primary N) is 2. The molecule has 2 aromatic heterocycles. The largest absolute Gasteiger partial charge is 0.405 e. The number of fused-ring (bicyclic) bond motifs is 1. The fourth-order valence-corrected chi connectivity index (χ4v) is 6.02. The van der Waals surface area contributed by atoms with Gasteiger partial charge in [-0.25, -0.2) is 9.97 Å². The molecular weight excluding hydrogens is 454 g/mol. The van der Waals surface area contributed by atoms with Crippen LogP contribution in [0.15, 0.2) is 65.9 Å². The molecular formula is C27H39N7S. The number of piperidine rings is 2. The van der Waals surface area contributed by atoms with E-state index >= 15 is 0 Å². The first-order valence-corrected chi connectivity index (χ1v) is 13.7. The maximum atomic E-state index is 5.77. The second kappa shape index (κ2) is 11.4. The van der Waals surface area contributed by atoms with Crippen LogP contribution in [0.2, 0.25) is 0 Å². The van der Waals surface area contributed by atoms with Crippen LogP contribution in [0.5, 0.6) is 0 Å². The Balaban J connectivity index is 1.33. The Morgan fingerprint density at radius 3 is 2.51 bits per heavy atom. The van der Waals surface area contributed by atoms with Crippen molar-refractivity contribution in [3.05, 3.63) is 66.3 Å². The maximum absolute atomic E-state index is 5.77. The third-order valence-corrected chi connectivity index (χ3v) is 7.85. The predicted octanol–water partition coefficient (Wildman–Crippen LogP) is 4.20. The van der Waals surface area contributed by atoms with Gasteiger partial charge in [0.1, 0.15) is 5.52 Å². The lowest BCUT2D eigenvalue weighted by Gasteiger charge is -2.41. The average molecular weight is 494 g/mol. The van der Waals surface area contributed by atoms with Gasteiger partial charge in [-0.3, -0.25) is 4.90 Å². The Bertz CT molecular complexity index is 1120. The van der Waals surface area contributed by atoms with Crippen LogP contribution < -0.4 is 11.5 Å².